The van der Waals surface area contributed by atoms with E-state index in [1.54, 1.807) is 13.1 Å². The van der Waals surface area contributed by atoms with Crippen molar-refractivity contribution < 1.29 is 12.8 Å². The summed E-state index contributed by atoms with van der Waals surface area (Å²) in [7, 11) is -2.08. The average molecular weight is 300 g/mol. The van der Waals surface area contributed by atoms with Crippen LogP contribution in [0.3, 0.4) is 0 Å². The Hall–Kier alpha value is -0.980. The van der Waals surface area contributed by atoms with Crippen LogP contribution < -0.4 is 10.0 Å². The van der Waals surface area contributed by atoms with Crippen LogP contribution in [0.25, 0.3) is 0 Å². The molecule has 1 aromatic carbocycles. The van der Waals surface area contributed by atoms with Gasteiger partial charge in [-0.1, -0.05) is 6.07 Å². The summed E-state index contributed by atoms with van der Waals surface area (Å²) in [4.78, 5) is -0.286. The third-order valence-electron chi connectivity index (χ3n) is 3.66. The molecule has 1 aromatic rings. The van der Waals surface area contributed by atoms with Gasteiger partial charge in [-0.15, -0.1) is 0 Å². The van der Waals surface area contributed by atoms with Crippen molar-refractivity contribution in [1.29, 1.82) is 0 Å². The Morgan fingerprint density at radius 3 is 2.50 bits per heavy atom. The number of hydrogen-bond donors (Lipinski definition) is 2. The Morgan fingerprint density at radius 1 is 1.35 bits per heavy atom. The lowest BCUT2D eigenvalue weighted by Crippen LogP contribution is -2.45. The van der Waals surface area contributed by atoms with Crippen LogP contribution in [0.5, 0.6) is 0 Å². The zero-order chi connectivity index (χ0) is 15.0. The van der Waals surface area contributed by atoms with Crippen molar-refractivity contribution in [1.82, 2.24) is 10.0 Å². The van der Waals surface area contributed by atoms with Crippen LogP contribution in [0.4, 0.5) is 4.39 Å². The van der Waals surface area contributed by atoms with Crippen molar-refractivity contribution in [3.05, 3.63) is 29.6 Å². The Bertz CT molecular complexity index is 595. The van der Waals surface area contributed by atoms with Crippen LogP contribution in [0.1, 0.15) is 32.3 Å². The van der Waals surface area contributed by atoms with Gasteiger partial charge in [-0.2, -0.15) is 0 Å². The van der Waals surface area contributed by atoms with E-state index >= 15 is 0 Å². The highest BCUT2D eigenvalue weighted by Crippen LogP contribution is 2.40. The second-order valence-electron chi connectivity index (χ2n) is 5.90. The standard InChI is InChI=1S/C14H21FN2O2S/c1-14(2,11-5-6-11)17-20(18,19)13-7-4-10(9-16-3)8-12(13)15/h4,7-8,11,16-17H,5-6,9H2,1-3H3. The summed E-state index contributed by atoms with van der Waals surface area (Å²) in [6, 6.07) is 4.21. The fraction of sp³-hybridized carbons (Fsp3) is 0.571. The van der Waals surface area contributed by atoms with Crippen molar-refractivity contribution in [2.24, 2.45) is 5.92 Å². The number of halogens is 1. The first-order chi connectivity index (χ1) is 9.26. The third kappa shape index (κ3) is 3.37. The van der Waals surface area contributed by atoms with E-state index in [9.17, 15) is 12.8 Å². The van der Waals surface area contributed by atoms with Crippen LogP contribution >= 0.6 is 0 Å². The molecule has 0 heterocycles. The van der Waals surface area contributed by atoms with Crippen molar-refractivity contribution in [3.63, 3.8) is 0 Å². The summed E-state index contributed by atoms with van der Waals surface area (Å²) in [5.41, 5.74) is 0.181. The molecule has 0 unspecified atom stereocenters. The molecule has 0 aliphatic heterocycles. The fourth-order valence-corrected chi connectivity index (χ4v) is 3.90. The highest BCUT2D eigenvalue weighted by atomic mass is 32.2. The number of benzene rings is 1. The number of hydrogen-bond acceptors (Lipinski definition) is 3. The van der Waals surface area contributed by atoms with E-state index in [4.69, 9.17) is 0 Å². The van der Waals surface area contributed by atoms with E-state index in [-0.39, 0.29) is 4.90 Å². The van der Waals surface area contributed by atoms with Crippen LogP contribution in [-0.4, -0.2) is 21.0 Å². The van der Waals surface area contributed by atoms with Gasteiger partial charge in [0.15, 0.2) is 0 Å². The Kier molecular flexibility index (Phi) is 4.18. The predicted molar refractivity (Wildman–Crippen MR) is 76.3 cm³/mol. The molecular weight excluding hydrogens is 279 g/mol. The normalized spacial score (nSPS) is 16.4. The van der Waals surface area contributed by atoms with Crippen molar-refractivity contribution in [2.75, 3.05) is 7.05 Å². The molecule has 0 amide bonds. The molecule has 1 aliphatic carbocycles. The van der Waals surface area contributed by atoms with Gasteiger partial charge in [-0.3, -0.25) is 0 Å². The monoisotopic (exact) mass is 300 g/mol. The molecule has 2 rings (SSSR count). The van der Waals surface area contributed by atoms with Gasteiger partial charge in [-0.05, 0) is 57.4 Å². The molecule has 1 fully saturated rings. The molecule has 0 atom stereocenters. The molecule has 6 heteroatoms. The molecule has 0 radical (unpaired) electrons. The minimum atomic E-state index is -3.83. The summed E-state index contributed by atoms with van der Waals surface area (Å²) in [6.45, 7) is 4.18. The Morgan fingerprint density at radius 2 is 2.00 bits per heavy atom. The zero-order valence-corrected chi connectivity index (χ0v) is 12.8. The van der Waals surface area contributed by atoms with Gasteiger partial charge in [-0.25, -0.2) is 17.5 Å². The lowest BCUT2D eigenvalue weighted by atomic mass is 10.0. The van der Waals surface area contributed by atoms with E-state index < -0.39 is 21.4 Å². The van der Waals surface area contributed by atoms with Crippen molar-refractivity contribution in [3.8, 4) is 0 Å². The largest absolute Gasteiger partial charge is 0.316 e. The van der Waals surface area contributed by atoms with E-state index in [1.807, 2.05) is 13.8 Å². The molecular formula is C14H21FN2O2S. The summed E-state index contributed by atoms with van der Waals surface area (Å²) in [5.74, 6) is -0.374. The van der Waals surface area contributed by atoms with Gasteiger partial charge in [0.05, 0.1) is 0 Å². The van der Waals surface area contributed by atoms with Crippen LogP contribution in [-0.2, 0) is 16.6 Å². The molecule has 0 aromatic heterocycles. The molecule has 112 valence electrons. The SMILES string of the molecule is CNCc1ccc(S(=O)(=O)NC(C)(C)C2CC2)c(F)c1. The molecule has 1 aliphatic rings. The van der Waals surface area contributed by atoms with Crippen LogP contribution in [0.2, 0.25) is 0 Å². The molecule has 0 bridgehead atoms. The maximum absolute atomic E-state index is 14.0. The highest BCUT2D eigenvalue weighted by molar-refractivity contribution is 7.89. The third-order valence-corrected chi connectivity index (χ3v) is 5.37. The van der Waals surface area contributed by atoms with Crippen molar-refractivity contribution >= 4 is 10.0 Å². The van der Waals surface area contributed by atoms with E-state index in [0.717, 1.165) is 12.8 Å². The Balaban J connectivity index is 2.25. The Labute approximate surface area is 119 Å². The van der Waals surface area contributed by atoms with E-state index in [1.165, 1.54) is 12.1 Å². The molecule has 4 nitrogen and oxygen atoms in total. The summed E-state index contributed by atoms with van der Waals surface area (Å²) >= 11 is 0. The van der Waals surface area contributed by atoms with Gasteiger partial charge < -0.3 is 5.32 Å². The lowest BCUT2D eigenvalue weighted by Gasteiger charge is -2.25. The number of sulfonamides is 1. The molecule has 0 spiro atoms. The second kappa shape index (κ2) is 5.42. The molecule has 2 N–H and O–H groups in total. The first-order valence-electron chi connectivity index (χ1n) is 6.73. The first kappa shape index (κ1) is 15.4. The maximum Gasteiger partial charge on any atom is 0.243 e. The van der Waals surface area contributed by atoms with Gasteiger partial charge in [0.25, 0.3) is 0 Å². The molecule has 20 heavy (non-hydrogen) atoms. The topological polar surface area (TPSA) is 58.2 Å². The zero-order valence-electron chi connectivity index (χ0n) is 12.0. The number of rotatable bonds is 6. The molecule has 0 saturated heterocycles. The summed E-state index contributed by atoms with van der Waals surface area (Å²) in [6.07, 6.45) is 2.03. The highest BCUT2D eigenvalue weighted by Gasteiger charge is 2.41. The van der Waals surface area contributed by atoms with Crippen LogP contribution in [0, 0.1) is 11.7 Å². The summed E-state index contributed by atoms with van der Waals surface area (Å²) < 4.78 is 41.2. The minimum Gasteiger partial charge on any atom is -0.316 e. The van der Waals surface area contributed by atoms with Gasteiger partial charge >= 0.3 is 0 Å². The van der Waals surface area contributed by atoms with E-state index in [2.05, 4.69) is 10.0 Å². The van der Waals surface area contributed by atoms with E-state index in [0.29, 0.717) is 18.0 Å². The van der Waals surface area contributed by atoms with Gasteiger partial charge in [0.2, 0.25) is 10.0 Å². The minimum absolute atomic E-state index is 0.286. The average Bonchev–Trinajstić information content (AvgIpc) is 3.11. The smallest absolute Gasteiger partial charge is 0.243 e. The number of nitrogens with one attached hydrogen (secondary N) is 2. The quantitative estimate of drug-likeness (QED) is 0.845. The van der Waals surface area contributed by atoms with Gasteiger partial charge in [0.1, 0.15) is 10.7 Å². The lowest BCUT2D eigenvalue weighted by molar-refractivity contribution is 0.399. The van der Waals surface area contributed by atoms with Gasteiger partial charge in [0, 0.05) is 12.1 Å². The van der Waals surface area contributed by atoms with Crippen molar-refractivity contribution in [2.45, 2.75) is 43.7 Å². The second-order valence-corrected chi connectivity index (χ2v) is 7.55. The maximum atomic E-state index is 14.0. The fourth-order valence-electron chi connectivity index (χ4n) is 2.37. The molecule has 1 saturated carbocycles. The predicted octanol–water partition coefficient (Wildman–Crippen LogP) is 2.01. The summed E-state index contributed by atoms with van der Waals surface area (Å²) in [5, 5.41) is 2.90. The van der Waals surface area contributed by atoms with Crippen LogP contribution in [0.15, 0.2) is 23.1 Å². The first-order valence-corrected chi connectivity index (χ1v) is 8.21.